The summed E-state index contributed by atoms with van der Waals surface area (Å²) in [6.45, 7) is 4.02. The molecule has 0 saturated heterocycles. The van der Waals surface area contributed by atoms with Crippen molar-refractivity contribution in [3.63, 3.8) is 0 Å². The van der Waals surface area contributed by atoms with E-state index in [4.69, 9.17) is 5.73 Å². The standard InChI is InChI=1S/C25H33N7O3/c1-15(2)28-19(9-11-26)24(34)30-22(21(16-5-6-16)17-7-8-17)25(35)29-20-10-13-32(31-20)14-18-4-3-12-27-23(18)33/h3-4,9-13,15-17,21-22H,5-8,14,26H2,1-2H3,(H,27,33)(H,30,34)(H,29,31,35)/b11-9-,28-19?. The van der Waals surface area contributed by atoms with E-state index in [2.05, 4.69) is 25.7 Å². The molecule has 0 spiro atoms. The molecule has 10 nitrogen and oxygen atoms in total. The second kappa shape index (κ2) is 10.7. The zero-order valence-corrected chi connectivity index (χ0v) is 20.1. The molecule has 0 bridgehead atoms. The molecule has 1 atom stereocenters. The van der Waals surface area contributed by atoms with Crippen molar-refractivity contribution in [1.29, 1.82) is 0 Å². The first-order valence-electron chi connectivity index (χ1n) is 12.1. The second-order valence-corrected chi connectivity index (χ2v) is 9.58. The number of hydrogen-bond acceptors (Lipinski definition) is 6. The average molecular weight is 480 g/mol. The number of aromatic nitrogens is 3. The predicted molar refractivity (Wildman–Crippen MR) is 134 cm³/mol. The number of carbonyl (C=O) groups excluding carboxylic acids is 2. The van der Waals surface area contributed by atoms with Gasteiger partial charge in [-0.3, -0.25) is 24.1 Å². The van der Waals surface area contributed by atoms with Crippen LogP contribution in [0.25, 0.3) is 0 Å². The van der Waals surface area contributed by atoms with Gasteiger partial charge in [0.05, 0.1) is 6.54 Å². The van der Waals surface area contributed by atoms with Crippen LogP contribution in [0.1, 0.15) is 45.1 Å². The first-order valence-corrected chi connectivity index (χ1v) is 12.1. The van der Waals surface area contributed by atoms with Crippen LogP contribution in [-0.4, -0.2) is 44.4 Å². The van der Waals surface area contributed by atoms with Gasteiger partial charge in [-0.1, -0.05) is 6.07 Å². The third kappa shape index (κ3) is 6.46. The molecule has 2 heterocycles. The largest absolute Gasteiger partial charge is 0.405 e. The molecule has 2 fully saturated rings. The molecule has 2 aromatic heterocycles. The van der Waals surface area contributed by atoms with Gasteiger partial charge in [-0.25, -0.2) is 0 Å². The van der Waals surface area contributed by atoms with E-state index >= 15 is 0 Å². The molecule has 10 heteroatoms. The van der Waals surface area contributed by atoms with Crippen molar-refractivity contribution in [2.75, 3.05) is 5.32 Å². The Kier molecular flexibility index (Phi) is 7.48. The minimum absolute atomic E-state index is 0.0751. The Bertz CT molecular complexity index is 1160. The van der Waals surface area contributed by atoms with Crippen molar-refractivity contribution in [3.8, 4) is 0 Å². The summed E-state index contributed by atoms with van der Waals surface area (Å²) in [4.78, 5) is 45.5. The minimum Gasteiger partial charge on any atom is -0.405 e. The van der Waals surface area contributed by atoms with Gasteiger partial charge in [0.25, 0.3) is 11.5 Å². The molecule has 0 radical (unpaired) electrons. The maximum atomic E-state index is 13.5. The zero-order valence-electron chi connectivity index (χ0n) is 20.1. The number of carbonyl (C=O) groups is 2. The van der Waals surface area contributed by atoms with Crippen LogP contribution in [0.5, 0.6) is 0 Å². The van der Waals surface area contributed by atoms with Crippen LogP contribution in [0.2, 0.25) is 0 Å². The van der Waals surface area contributed by atoms with Gasteiger partial charge in [0.1, 0.15) is 11.8 Å². The number of nitrogens with one attached hydrogen (secondary N) is 3. The van der Waals surface area contributed by atoms with E-state index in [-0.39, 0.29) is 35.7 Å². The van der Waals surface area contributed by atoms with Crippen molar-refractivity contribution in [3.05, 3.63) is 58.8 Å². The molecule has 2 amide bonds. The van der Waals surface area contributed by atoms with Crippen molar-refractivity contribution in [2.24, 2.45) is 28.5 Å². The highest BCUT2D eigenvalue weighted by molar-refractivity contribution is 6.43. The maximum Gasteiger partial charge on any atom is 0.270 e. The second-order valence-electron chi connectivity index (χ2n) is 9.58. The van der Waals surface area contributed by atoms with Gasteiger partial charge in [0, 0.05) is 30.1 Å². The van der Waals surface area contributed by atoms with Crippen LogP contribution in [0.4, 0.5) is 5.82 Å². The number of aromatic amines is 1. The summed E-state index contributed by atoms with van der Waals surface area (Å²) in [6, 6.07) is 4.37. The first kappa shape index (κ1) is 24.4. The molecule has 186 valence electrons. The molecule has 1 unspecified atom stereocenters. The van der Waals surface area contributed by atoms with Crippen LogP contribution in [0.15, 0.2) is 52.7 Å². The molecule has 2 aliphatic carbocycles. The number of nitrogens with zero attached hydrogens (tertiary/aromatic N) is 3. The summed E-state index contributed by atoms with van der Waals surface area (Å²) in [7, 11) is 0. The predicted octanol–water partition coefficient (Wildman–Crippen LogP) is 1.80. The van der Waals surface area contributed by atoms with E-state index in [1.54, 1.807) is 35.3 Å². The van der Waals surface area contributed by atoms with E-state index in [0.29, 0.717) is 23.2 Å². The molecule has 2 aromatic rings. The Balaban J connectivity index is 1.51. The fourth-order valence-electron chi connectivity index (χ4n) is 4.47. The van der Waals surface area contributed by atoms with Crippen LogP contribution in [0, 0.1) is 17.8 Å². The van der Waals surface area contributed by atoms with Crippen LogP contribution < -0.4 is 21.9 Å². The number of H-pyrrole nitrogens is 1. The third-order valence-electron chi connectivity index (χ3n) is 6.29. The van der Waals surface area contributed by atoms with Gasteiger partial charge in [-0.15, -0.1) is 0 Å². The number of nitrogens with two attached hydrogens (primary N) is 1. The maximum absolute atomic E-state index is 13.5. The minimum atomic E-state index is -0.701. The number of amides is 2. The summed E-state index contributed by atoms with van der Waals surface area (Å²) in [5, 5.41) is 10.2. The Morgan fingerprint density at radius 3 is 2.57 bits per heavy atom. The molecular weight excluding hydrogens is 446 g/mol. The third-order valence-corrected chi connectivity index (χ3v) is 6.29. The molecule has 5 N–H and O–H groups in total. The summed E-state index contributed by atoms with van der Waals surface area (Å²) < 4.78 is 1.59. The summed E-state index contributed by atoms with van der Waals surface area (Å²) in [5.74, 6) is 0.579. The Morgan fingerprint density at radius 2 is 1.97 bits per heavy atom. The average Bonchev–Trinajstić information content (AvgIpc) is 3.75. The lowest BCUT2D eigenvalue weighted by Crippen LogP contribution is -2.51. The Hall–Kier alpha value is -3.69. The van der Waals surface area contributed by atoms with E-state index in [1.165, 1.54) is 12.3 Å². The number of hydrogen-bond donors (Lipinski definition) is 4. The van der Waals surface area contributed by atoms with Crippen molar-refractivity contribution < 1.29 is 9.59 Å². The summed E-state index contributed by atoms with van der Waals surface area (Å²) in [6.07, 6.45) is 10.3. The zero-order chi connectivity index (χ0) is 24.9. The van der Waals surface area contributed by atoms with Gasteiger partial charge in [0.15, 0.2) is 5.82 Å². The van der Waals surface area contributed by atoms with Gasteiger partial charge >= 0.3 is 0 Å². The van der Waals surface area contributed by atoms with E-state index < -0.39 is 11.9 Å². The fourth-order valence-corrected chi connectivity index (χ4v) is 4.47. The monoisotopic (exact) mass is 479 g/mol. The van der Waals surface area contributed by atoms with Crippen LogP contribution in [-0.2, 0) is 16.1 Å². The summed E-state index contributed by atoms with van der Waals surface area (Å²) >= 11 is 0. The van der Waals surface area contributed by atoms with E-state index in [0.717, 1.165) is 25.7 Å². The number of aliphatic imine (C=N–C) groups is 1. The van der Waals surface area contributed by atoms with Crippen molar-refractivity contribution >= 4 is 23.3 Å². The highest BCUT2D eigenvalue weighted by Gasteiger charge is 2.48. The molecule has 0 aliphatic heterocycles. The topological polar surface area (TPSA) is 147 Å². The van der Waals surface area contributed by atoms with Gasteiger partial charge in [0.2, 0.25) is 5.91 Å². The summed E-state index contributed by atoms with van der Waals surface area (Å²) in [5.41, 5.74) is 6.10. The smallest absolute Gasteiger partial charge is 0.270 e. The molecular formula is C25H33N7O3. The molecule has 4 rings (SSSR count). The van der Waals surface area contributed by atoms with E-state index in [1.807, 2.05) is 13.8 Å². The molecule has 35 heavy (non-hydrogen) atoms. The van der Waals surface area contributed by atoms with Crippen LogP contribution in [0.3, 0.4) is 0 Å². The van der Waals surface area contributed by atoms with Gasteiger partial charge in [-0.2, -0.15) is 5.10 Å². The molecule has 2 saturated carbocycles. The SMILES string of the molecule is CC(C)N=C(/C=C\N)C(=O)NC(C(=O)Nc1ccn(Cc2ccc[nH]c2=O)n1)C(C1CC1)C1CC1. The normalized spacial score (nSPS) is 17.2. The van der Waals surface area contributed by atoms with Crippen molar-refractivity contribution in [2.45, 2.75) is 58.2 Å². The Morgan fingerprint density at radius 1 is 1.26 bits per heavy atom. The highest BCUT2D eigenvalue weighted by atomic mass is 16.2. The number of pyridine rings is 1. The van der Waals surface area contributed by atoms with Crippen LogP contribution >= 0.6 is 0 Å². The molecule has 0 aromatic carbocycles. The number of anilines is 1. The van der Waals surface area contributed by atoms with Crippen molar-refractivity contribution in [1.82, 2.24) is 20.1 Å². The highest BCUT2D eigenvalue weighted by Crippen LogP contribution is 2.50. The molecule has 2 aliphatic rings. The quantitative estimate of drug-likeness (QED) is 0.363. The Labute approximate surface area is 204 Å². The van der Waals surface area contributed by atoms with Gasteiger partial charge in [-0.05, 0) is 75.6 Å². The van der Waals surface area contributed by atoms with Gasteiger partial charge < -0.3 is 21.4 Å². The first-order chi connectivity index (χ1) is 16.9. The van der Waals surface area contributed by atoms with E-state index in [9.17, 15) is 14.4 Å². The fraction of sp³-hybridized carbons (Fsp3) is 0.480. The lowest BCUT2D eigenvalue weighted by Gasteiger charge is -2.27. The number of rotatable bonds is 11. The lowest BCUT2D eigenvalue weighted by atomic mass is 9.88. The lowest BCUT2D eigenvalue weighted by molar-refractivity contribution is -0.124.